The molecule has 44 heavy (non-hydrogen) atoms. The summed E-state index contributed by atoms with van der Waals surface area (Å²) in [6.45, 7) is 4.48. The van der Waals surface area contributed by atoms with Gasteiger partial charge in [-0.1, -0.05) is 19.4 Å². The fraction of sp³-hybridized carbons (Fsp3) is 0.515. The van der Waals surface area contributed by atoms with Gasteiger partial charge < -0.3 is 19.6 Å². The molecule has 0 saturated carbocycles. The quantitative estimate of drug-likeness (QED) is 0.406. The third-order valence-electron chi connectivity index (χ3n) is 9.87. The van der Waals surface area contributed by atoms with E-state index in [1.54, 1.807) is 12.1 Å². The lowest BCUT2D eigenvalue weighted by Crippen LogP contribution is -2.43. The Bertz CT molecular complexity index is 1680. The van der Waals surface area contributed by atoms with Crippen LogP contribution in [0.3, 0.4) is 0 Å². The number of amides is 1. The van der Waals surface area contributed by atoms with Crippen LogP contribution in [0.5, 0.6) is 11.8 Å². The molecule has 5 heterocycles. The summed E-state index contributed by atoms with van der Waals surface area (Å²) in [7, 11) is 0. The van der Waals surface area contributed by atoms with E-state index in [4.69, 9.17) is 14.7 Å². The molecule has 3 aromatic rings. The summed E-state index contributed by atoms with van der Waals surface area (Å²) >= 11 is 0. The maximum Gasteiger partial charge on any atom is 0.318 e. The maximum atomic E-state index is 15.0. The fourth-order valence-electron chi connectivity index (χ4n) is 7.77. The van der Waals surface area contributed by atoms with Crippen LogP contribution >= 0.6 is 0 Å². The number of benzene rings is 2. The highest BCUT2D eigenvalue weighted by molar-refractivity contribution is 6.16. The fourth-order valence-corrected chi connectivity index (χ4v) is 7.77. The first-order chi connectivity index (χ1) is 21.3. The molecule has 1 N–H and O–H groups in total. The molecule has 0 radical (unpaired) electrons. The van der Waals surface area contributed by atoms with E-state index < -0.39 is 6.17 Å². The van der Waals surface area contributed by atoms with E-state index in [1.165, 1.54) is 17.0 Å². The molecular formula is C33H36F2N6O3. The molecule has 0 spiro atoms. The third-order valence-corrected chi connectivity index (χ3v) is 9.87. The highest BCUT2D eigenvalue weighted by Gasteiger charge is 2.49. The number of fused-ring (bicyclic) bond motifs is 3. The predicted molar refractivity (Wildman–Crippen MR) is 161 cm³/mol. The van der Waals surface area contributed by atoms with Crippen LogP contribution in [0.1, 0.15) is 67.1 Å². The summed E-state index contributed by atoms with van der Waals surface area (Å²) in [5.74, 6) is -0.554. The van der Waals surface area contributed by atoms with E-state index in [-0.39, 0.29) is 48.1 Å². The second-order valence-electron chi connectivity index (χ2n) is 12.6. The number of aromatic nitrogens is 2. The topological polar surface area (TPSA) is 106 Å². The number of aromatic hydroxyl groups is 1. The highest BCUT2D eigenvalue weighted by atomic mass is 19.1. The van der Waals surface area contributed by atoms with Crippen molar-refractivity contribution < 1.29 is 23.4 Å². The Balaban J connectivity index is 1.30. The minimum Gasteiger partial charge on any atom is -0.508 e. The maximum absolute atomic E-state index is 15.0. The van der Waals surface area contributed by atoms with Gasteiger partial charge in [0.2, 0.25) is 0 Å². The van der Waals surface area contributed by atoms with Crippen molar-refractivity contribution >= 4 is 28.2 Å². The van der Waals surface area contributed by atoms with Crippen LogP contribution in [-0.2, 0) is 13.0 Å². The summed E-state index contributed by atoms with van der Waals surface area (Å²) in [5.41, 5.74) is 1.27. The van der Waals surface area contributed by atoms with E-state index >= 15 is 0 Å². The number of hydrogen-bond donors (Lipinski definition) is 1. The SMILES string of the molecule is CCc1c(F)ccc2cc(O)cc(N3Cc4nc(OC[C@@]56CCCN5C[C@H](F)C6)nc(N5CCCC[C@@H](C#N)C5)c4C3=O)c12. The molecule has 230 valence electrons. The van der Waals surface area contributed by atoms with Crippen molar-refractivity contribution in [1.29, 1.82) is 5.26 Å². The normalized spacial score (nSPS) is 25.3. The molecular weight excluding hydrogens is 566 g/mol. The van der Waals surface area contributed by atoms with E-state index in [0.29, 0.717) is 71.6 Å². The molecule has 0 bridgehead atoms. The average Bonchev–Trinajstić information content (AvgIpc) is 3.57. The van der Waals surface area contributed by atoms with Gasteiger partial charge in [-0.25, -0.2) is 8.78 Å². The zero-order valence-corrected chi connectivity index (χ0v) is 24.9. The molecule has 4 aliphatic heterocycles. The summed E-state index contributed by atoms with van der Waals surface area (Å²) < 4.78 is 35.7. The molecule has 9 nitrogen and oxygen atoms in total. The lowest BCUT2D eigenvalue weighted by Gasteiger charge is -2.31. The first-order valence-electron chi connectivity index (χ1n) is 15.6. The molecule has 11 heteroatoms. The smallest absolute Gasteiger partial charge is 0.318 e. The molecule has 4 aliphatic rings. The second-order valence-corrected chi connectivity index (χ2v) is 12.6. The van der Waals surface area contributed by atoms with Gasteiger partial charge >= 0.3 is 6.01 Å². The number of nitriles is 1. The molecule has 3 fully saturated rings. The van der Waals surface area contributed by atoms with Gasteiger partial charge in [0.05, 0.1) is 35.5 Å². The highest BCUT2D eigenvalue weighted by Crippen LogP contribution is 2.43. The molecule has 7 rings (SSSR count). The van der Waals surface area contributed by atoms with Gasteiger partial charge in [-0.15, -0.1) is 0 Å². The summed E-state index contributed by atoms with van der Waals surface area (Å²) in [6.07, 6.45) is 4.26. The van der Waals surface area contributed by atoms with Crippen molar-refractivity contribution in [3.63, 3.8) is 0 Å². The summed E-state index contributed by atoms with van der Waals surface area (Å²) in [6, 6.07) is 8.56. The van der Waals surface area contributed by atoms with Crippen LogP contribution in [0.2, 0.25) is 0 Å². The number of carbonyl (C=O) groups excluding carboxylic acids is 1. The molecule has 3 saturated heterocycles. The standard InChI is InChI=1S/C33H36F2N6O3/c1-2-24-25(35)8-7-21-12-23(42)13-27(28(21)24)41-18-26-29(31(41)43)30(39-10-4-3-6-20(15-36)16-39)38-32(37-26)44-19-33-9-5-11-40(33)17-22(34)14-33/h7-8,12-13,20,22,42H,2-6,9-11,14,16-19H2,1H3/t20-,22+,33-/m0/s1. The van der Waals surface area contributed by atoms with Crippen molar-refractivity contribution in [3.8, 4) is 17.8 Å². The van der Waals surface area contributed by atoms with E-state index in [1.807, 2.05) is 11.8 Å². The molecule has 0 aliphatic carbocycles. The van der Waals surface area contributed by atoms with Crippen molar-refractivity contribution in [2.45, 2.75) is 70.1 Å². The van der Waals surface area contributed by atoms with Gasteiger partial charge in [-0.2, -0.15) is 15.2 Å². The van der Waals surface area contributed by atoms with Gasteiger partial charge in [0.1, 0.15) is 35.7 Å². The number of phenolic OH excluding ortho intramolecular Hbond substituents is 1. The number of aryl methyl sites for hydroxylation is 1. The Kier molecular flexibility index (Phi) is 7.28. The van der Waals surface area contributed by atoms with Crippen molar-refractivity contribution in [2.24, 2.45) is 5.92 Å². The number of ether oxygens (including phenoxy) is 1. The number of nitrogens with zero attached hydrogens (tertiary/aromatic N) is 6. The second kappa shape index (κ2) is 11.1. The number of alkyl halides is 1. The number of hydrogen-bond acceptors (Lipinski definition) is 8. The number of rotatable bonds is 6. The minimum absolute atomic E-state index is 0.0345. The lowest BCUT2D eigenvalue weighted by molar-refractivity contribution is 0.0996. The van der Waals surface area contributed by atoms with Crippen LogP contribution in [0.4, 0.5) is 20.3 Å². The first kappa shape index (κ1) is 28.7. The monoisotopic (exact) mass is 602 g/mol. The van der Waals surface area contributed by atoms with Gasteiger partial charge in [0.15, 0.2) is 0 Å². The largest absolute Gasteiger partial charge is 0.508 e. The lowest BCUT2D eigenvalue weighted by atomic mass is 9.95. The minimum atomic E-state index is -0.892. The number of carbonyl (C=O) groups is 1. The average molecular weight is 603 g/mol. The van der Waals surface area contributed by atoms with Gasteiger partial charge in [0.25, 0.3) is 5.91 Å². The van der Waals surface area contributed by atoms with Crippen LogP contribution in [0.15, 0.2) is 24.3 Å². The molecule has 0 unspecified atom stereocenters. The molecule has 1 aromatic heterocycles. The van der Waals surface area contributed by atoms with Gasteiger partial charge in [-0.3, -0.25) is 9.69 Å². The molecule has 1 amide bonds. The molecule has 2 aromatic carbocycles. The number of anilines is 2. The van der Waals surface area contributed by atoms with Gasteiger partial charge in [0, 0.05) is 37.5 Å². The van der Waals surface area contributed by atoms with Crippen LogP contribution in [0, 0.1) is 23.1 Å². The zero-order chi connectivity index (χ0) is 30.6. The summed E-state index contributed by atoms with van der Waals surface area (Å²) in [4.78, 5) is 29.5. The van der Waals surface area contributed by atoms with Crippen LogP contribution < -0.4 is 14.5 Å². The Hall–Kier alpha value is -4.04. The first-order valence-corrected chi connectivity index (χ1v) is 15.6. The Morgan fingerprint density at radius 2 is 2.05 bits per heavy atom. The Labute approximate surface area is 255 Å². The van der Waals surface area contributed by atoms with E-state index in [9.17, 15) is 23.9 Å². The van der Waals surface area contributed by atoms with E-state index in [0.717, 1.165) is 38.6 Å². The molecule has 3 atom stereocenters. The van der Waals surface area contributed by atoms with Crippen LogP contribution in [-0.4, -0.2) is 70.4 Å². The van der Waals surface area contributed by atoms with E-state index in [2.05, 4.69) is 11.0 Å². The van der Waals surface area contributed by atoms with Crippen molar-refractivity contribution in [1.82, 2.24) is 14.9 Å². The van der Waals surface area contributed by atoms with Crippen LogP contribution in [0.25, 0.3) is 10.8 Å². The number of halogens is 2. The van der Waals surface area contributed by atoms with Crippen molar-refractivity contribution in [2.75, 3.05) is 42.6 Å². The Morgan fingerprint density at radius 1 is 1.18 bits per heavy atom. The van der Waals surface area contributed by atoms with Crippen molar-refractivity contribution in [3.05, 3.63) is 46.9 Å². The van der Waals surface area contributed by atoms with Gasteiger partial charge in [-0.05, 0) is 61.7 Å². The third kappa shape index (κ3) is 4.80. The Morgan fingerprint density at radius 3 is 2.86 bits per heavy atom. The zero-order valence-electron chi connectivity index (χ0n) is 24.9. The number of phenols is 1. The summed E-state index contributed by atoms with van der Waals surface area (Å²) in [5, 5.41) is 21.6. The predicted octanol–water partition coefficient (Wildman–Crippen LogP) is 5.28.